The van der Waals surface area contributed by atoms with Crippen LogP contribution in [0.2, 0.25) is 0 Å². The van der Waals surface area contributed by atoms with Gasteiger partial charge in [-0.25, -0.2) is 0 Å². The second-order valence-electron chi connectivity index (χ2n) is 5.75. The van der Waals surface area contributed by atoms with Gasteiger partial charge in [0.15, 0.2) is 0 Å². The highest BCUT2D eigenvalue weighted by molar-refractivity contribution is 5.63. The maximum Gasteiger partial charge on any atom is 0.0490 e. The normalized spacial score (nSPS) is 16.9. The van der Waals surface area contributed by atoms with E-state index in [1.165, 1.54) is 36.0 Å². The van der Waals surface area contributed by atoms with Gasteiger partial charge in [-0.2, -0.15) is 0 Å². The van der Waals surface area contributed by atoms with E-state index in [4.69, 9.17) is 0 Å². The van der Waals surface area contributed by atoms with Crippen molar-refractivity contribution in [3.05, 3.63) is 60.2 Å². The molecule has 98 valence electrons. The fourth-order valence-electron chi connectivity index (χ4n) is 2.95. The van der Waals surface area contributed by atoms with Gasteiger partial charge in [-0.1, -0.05) is 61.0 Å². The maximum atomic E-state index is 9.53. The van der Waals surface area contributed by atoms with E-state index in [0.717, 1.165) is 6.42 Å². The molecule has 1 aliphatic rings. The van der Waals surface area contributed by atoms with Gasteiger partial charge in [0, 0.05) is 6.61 Å². The fraction of sp³-hybridized carbons (Fsp3) is 0.333. The summed E-state index contributed by atoms with van der Waals surface area (Å²) in [6, 6.07) is 19.2. The lowest BCUT2D eigenvalue weighted by atomic mass is 9.66. The zero-order valence-corrected chi connectivity index (χ0v) is 11.2. The Bertz CT molecular complexity index is 518. The summed E-state index contributed by atoms with van der Waals surface area (Å²) >= 11 is 0. The molecule has 1 N–H and O–H groups in total. The zero-order valence-electron chi connectivity index (χ0n) is 11.2. The molecule has 0 amide bonds. The van der Waals surface area contributed by atoms with Crippen molar-refractivity contribution in [1.29, 1.82) is 0 Å². The molecule has 1 saturated carbocycles. The zero-order chi connectivity index (χ0) is 13.1. The molecule has 3 rings (SSSR count). The van der Waals surface area contributed by atoms with E-state index in [-0.39, 0.29) is 5.41 Å². The summed E-state index contributed by atoms with van der Waals surface area (Å²) in [5.41, 5.74) is 4.04. The monoisotopic (exact) mass is 252 g/mol. The summed E-state index contributed by atoms with van der Waals surface area (Å²) in [6.07, 6.45) is 4.62. The fourth-order valence-corrected chi connectivity index (χ4v) is 2.95. The van der Waals surface area contributed by atoms with Gasteiger partial charge in [-0.15, -0.1) is 0 Å². The standard InChI is InChI=1S/C18H20O/c19-14-18(11-4-12-18)13-15-7-9-17(10-8-15)16-5-2-1-3-6-16/h1-3,5-10,19H,4,11-14H2. The lowest BCUT2D eigenvalue weighted by Crippen LogP contribution is -2.35. The first kappa shape index (κ1) is 12.4. The van der Waals surface area contributed by atoms with Crippen LogP contribution in [0.25, 0.3) is 11.1 Å². The third-order valence-electron chi connectivity index (χ3n) is 4.39. The Morgan fingerprint density at radius 3 is 2.00 bits per heavy atom. The van der Waals surface area contributed by atoms with Crippen LogP contribution >= 0.6 is 0 Å². The summed E-state index contributed by atoms with van der Waals surface area (Å²) in [4.78, 5) is 0. The Balaban J connectivity index is 1.76. The molecule has 1 heteroatoms. The lowest BCUT2D eigenvalue weighted by molar-refractivity contribution is 0.0450. The van der Waals surface area contributed by atoms with Crippen LogP contribution in [0.3, 0.4) is 0 Å². The molecule has 0 radical (unpaired) electrons. The summed E-state index contributed by atoms with van der Waals surface area (Å²) in [7, 11) is 0. The van der Waals surface area contributed by atoms with Crippen LogP contribution in [-0.2, 0) is 6.42 Å². The SMILES string of the molecule is OCC1(Cc2ccc(-c3ccccc3)cc2)CCC1. The molecule has 1 aliphatic carbocycles. The van der Waals surface area contributed by atoms with Gasteiger partial charge in [0.2, 0.25) is 0 Å². The largest absolute Gasteiger partial charge is 0.396 e. The highest BCUT2D eigenvalue weighted by atomic mass is 16.3. The smallest absolute Gasteiger partial charge is 0.0490 e. The summed E-state index contributed by atoms with van der Waals surface area (Å²) in [6.45, 7) is 0.327. The second-order valence-corrected chi connectivity index (χ2v) is 5.75. The number of aliphatic hydroxyl groups is 1. The molecule has 0 unspecified atom stereocenters. The van der Waals surface area contributed by atoms with Crippen LogP contribution in [0, 0.1) is 5.41 Å². The van der Waals surface area contributed by atoms with Crippen molar-refractivity contribution in [2.24, 2.45) is 5.41 Å². The third kappa shape index (κ3) is 2.57. The van der Waals surface area contributed by atoms with E-state index < -0.39 is 0 Å². The number of aliphatic hydroxyl groups excluding tert-OH is 1. The van der Waals surface area contributed by atoms with Gasteiger partial charge in [-0.05, 0) is 41.4 Å². The third-order valence-corrected chi connectivity index (χ3v) is 4.39. The predicted molar refractivity (Wildman–Crippen MR) is 79.0 cm³/mol. The molecular weight excluding hydrogens is 232 g/mol. The second kappa shape index (κ2) is 5.18. The van der Waals surface area contributed by atoms with E-state index in [9.17, 15) is 5.11 Å². The van der Waals surface area contributed by atoms with Crippen molar-refractivity contribution < 1.29 is 5.11 Å². The molecule has 0 atom stereocenters. The van der Waals surface area contributed by atoms with Crippen molar-refractivity contribution in [3.63, 3.8) is 0 Å². The van der Waals surface area contributed by atoms with E-state index >= 15 is 0 Å². The van der Waals surface area contributed by atoms with E-state index in [2.05, 4.69) is 48.5 Å². The average Bonchev–Trinajstić information content (AvgIpc) is 2.45. The number of hydrogen-bond acceptors (Lipinski definition) is 1. The topological polar surface area (TPSA) is 20.2 Å². The molecular formula is C18H20O. The molecule has 0 bridgehead atoms. The molecule has 1 fully saturated rings. The molecule has 0 aliphatic heterocycles. The van der Waals surface area contributed by atoms with Gasteiger partial charge < -0.3 is 5.11 Å². The first-order valence-corrected chi connectivity index (χ1v) is 7.07. The van der Waals surface area contributed by atoms with Crippen molar-refractivity contribution in [1.82, 2.24) is 0 Å². The first-order valence-electron chi connectivity index (χ1n) is 7.07. The molecule has 0 aromatic heterocycles. The van der Waals surface area contributed by atoms with E-state index in [1.54, 1.807) is 0 Å². The molecule has 0 saturated heterocycles. The quantitative estimate of drug-likeness (QED) is 0.870. The Morgan fingerprint density at radius 1 is 0.842 bits per heavy atom. The number of benzene rings is 2. The maximum absolute atomic E-state index is 9.53. The van der Waals surface area contributed by atoms with Gasteiger partial charge >= 0.3 is 0 Å². The van der Waals surface area contributed by atoms with Gasteiger partial charge in [0.05, 0.1) is 0 Å². The number of rotatable bonds is 4. The van der Waals surface area contributed by atoms with Crippen LogP contribution in [-0.4, -0.2) is 11.7 Å². The molecule has 2 aromatic rings. The summed E-state index contributed by atoms with van der Waals surface area (Å²) in [5.74, 6) is 0. The minimum atomic E-state index is 0.175. The van der Waals surface area contributed by atoms with Crippen LogP contribution in [0.5, 0.6) is 0 Å². The average molecular weight is 252 g/mol. The molecule has 19 heavy (non-hydrogen) atoms. The first-order chi connectivity index (χ1) is 9.31. The van der Waals surface area contributed by atoms with Crippen LogP contribution in [0.15, 0.2) is 54.6 Å². The summed E-state index contributed by atoms with van der Waals surface area (Å²) < 4.78 is 0. The Morgan fingerprint density at radius 2 is 1.47 bits per heavy atom. The van der Waals surface area contributed by atoms with Crippen LogP contribution in [0.1, 0.15) is 24.8 Å². The Kier molecular flexibility index (Phi) is 3.39. The molecule has 0 spiro atoms. The van der Waals surface area contributed by atoms with Crippen molar-refractivity contribution in [2.75, 3.05) is 6.61 Å². The van der Waals surface area contributed by atoms with Crippen LogP contribution in [0.4, 0.5) is 0 Å². The van der Waals surface area contributed by atoms with E-state index in [0.29, 0.717) is 6.61 Å². The minimum Gasteiger partial charge on any atom is -0.396 e. The number of hydrogen-bond donors (Lipinski definition) is 1. The Labute approximate surface area is 114 Å². The lowest BCUT2D eigenvalue weighted by Gasteiger charge is -2.40. The summed E-state index contributed by atoms with van der Waals surface area (Å²) in [5, 5.41) is 9.53. The van der Waals surface area contributed by atoms with Crippen LogP contribution < -0.4 is 0 Å². The van der Waals surface area contributed by atoms with Crippen molar-refractivity contribution in [3.8, 4) is 11.1 Å². The molecule has 2 aromatic carbocycles. The predicted octanol–water partition coefficient (Wildman–Crippen LogP) is 4.06. The van der Waals surface area contributed by atoms with Crippen molar-refractivity contribution >= 4 is 0 Å². The minimum absolute atomic E-state index is 0.175. The molecule has 1 nitrogen and oxygen atoms in total. The van der Waals surface area contributed by atoms with E-state index in [1.807, 2.05) is 6.07 Å². The Hall–Kier alpha value is -1.60. The van der Waals surface area contributed by atoms with Gasteiger partial charge in [0.1, 0.15) is 0 Å². The highest BCUT2D eigenvalue weighted by Crippen LogP contribution is 2.43. The molecule has 0 heterocycles. The van der Waals surface area contributed by atoms with Gasteiger partial charge in [-0.3, -0.25) is 0 Å². The highest BCUT2D eigenvalue weighted by Gasteiger charge is 2.36. The van der Waals surface area contributed by atoms with Crippen molar-refractivity contribution in [2.45, 2.75) is 25.7 Å². The van der Waals surface area contributed by atoms with Gasteiger partial charge in [0.25, 0.3) is 0 Å².